The summed E-state index contributed by atoms with van der Waals surface area (Å²) in [5.74, 6) is -9.50. The predicted molar refractivity (Wildman–Crippen MR) is 158 cm³/mol. The van der Waals surface area contributed by atoms with Crippen molar-refractivity contribution in [3.63, 3.8) is 0 Å². The lowest BCUT2D eigenvalue weighted by Gasteiger charge is -2.43. The maximum atomic E-state index is 15.2. The van der Waals surface area contributed by atoms with Crippen LogP contribution in [0.4, 0.5) is 20.2 Å². The summed E-state index contributed by atoms with van der Waals surface area (Å²) in [5, 5.41) is 13.8. The molecule has 7 nitrogen and oxygen atoms in total. The third-order valence-corrected chi connectivity index (χ3v) is 10.3. The molecule has 2 N–H and O–H groups in total. The van der Waals surface area contributed by atoms with Crippen molar-refractivity contribution >= 4 is 64.0 Å². The van der Waals surface area contributed by atoms with Gasteiger partial charge in [-0.25, -0.2) is 8.78 Å². The first-order valence-electron chi connectivity index (χ1n) is 13.6. The van der Waals surface area contributed by atoms with Crippen molar-refractivity contribution in [1.82, 2.24) is 4.90 Å². The number of anilines is 2. The van der Waals surface area contributed by atoms with Gasteiger partial charge in [0.25, 0.3) is 11.8 Å². The third-order valence-electron chi connectivity index (χ3n) is 9.56. The van der Waals surface area contributed by atoms with Crippen LogP contribution in [0, 0.1) is 22.7 Å². The van der Waals surface area contributed by atoms with Crippen molar-refractivity contribution in [3.8, 4) is 0 Å². The fraction of sp³-hybridized carbons (Fsp3) is 0.500. The van der Waals surface area contributed by atoms with Crippen molar-refractivity contribution in [2.24, 2.45) is 22.7 Å². The lowest BCUT2D eigenvalue weighted by molar-refractivity contribution is -0.153. The number of nitrogens with zero attached hydrogens (tertiary/aromatic N) is 2. The van der Waals surface area contributed by atoms with Gasteiger partial charge in [0.2, 0.25) is 5.91 Å². The van der Waals surface area contributed by atoms with Crippen LogP contribution in [0.5, 0.6) is 0 Å². The van der Waals surface area contributed by atoms with E-state index in [0.717, 1.165) is 0 Å². The standard InChI is InChI=1S/C30H32Cl3F2N3O4/c1-27(2,3)28(4,5)13-37(17-8-6-7-15(31)9-17)24(39)21-20-12-29(34,35)14-38(20)30(22(21)25(40)41)18-10-16(32)11-19(33)23(18)36-26(30)42/h6-11,20-22H,12-14H2,1-5H3,(H,36,42)(H,40,41)/t20-,21+,22-,30+/m1/s1. The van der Waals surface area contributed by atoms with Crippen LogP contribution in [-0.2, 0) is 19.9 Å². The van der Waals surface area contributed by atoms with Gasteiger partial charge in [-0.15, -0.1) is 0 Å². The van der Waals surface area contributed by atoms with E-state index in [-0.39, 0.29) is 33.3 Å². The van der Waals surface area contributed by atoms with Crippen molar-refractivity contribution in [2.45, 2.75) is 58.5 Å². The summed E-state index contributed by atoms with van der Waals surface area (Å²) in [4.78, 5) is 44.5. The van der Waals surface area contributed by atoms with E-state index in [0.29, 0.717) is 10.7 Å². The highest BCUT2D eigenvalue weighted by molar-refractivity contribution is 6.38. The molecule has 2 aromatic carbocycles. The molecule has 0 aliphatic carbocycles. The van der Waals surface area contributed by atoms with E-state index < -0.39 is 65.5 Å². The van der Waals surface area contributed by atoms with Crippen LogP contribution in [0.3, 0.4) is 0 Å². The van der Waals surface area contributed by atoms with Crippen LogP contribution in [0.1, 0.15) is 46.6 Å². The molecule has 0 saturated carbocycles. The number of carbonyl (C=O) groups is 3. The molecule has 3 aliphatic rings. The van der Waals surface area contributed by atoms with Crippen LogP contribution in [0.2, 0.25) is 15.1 Å². The van der Waals surface area contributed by atoms with Crippen LogP contribution in [0.25, 0.3) is 0 Å². The number of carboxylic acid groups (broad SMARTS) is 1. The molecule has 12 heteroatoms. The Labute approximate surface area is 258 Å². The number of fused-ring (bicyclic) bond motifs is 4. The number of carbonyl (C=O) groups excluding carboxylic acids is 2. The van der Waals surface area contributed by atoms with Gasteiger partial charge in [-0.3, -0.25) is 19.3 Å². The lowest BCUT2D eigenvalue weighted by atomic mass is 9.68. The molecule has 0 bridgehead atoms. The van der Waals surface area contributed by atoms with Crippen LogP contribution in [0.15, 0.2) is 36.4 Å². The average molecular weight is 643 g/mol. The smallest absolute Gasteiger partial charge is 0.310 e. The molecule has 42 heavy (non-hydrogen) atoms. The molecule has 2 fully saturated rings. The Hall–Kier alpha value is -2.46. The Kier molecular flexibility index (Phi) is 7.41. The molecule has 3 heterocycles. The lowest BCUT2D eigenvalue weighted by Crippen LogP contribution is -2.55. The second kappa shape index (κ2) is 10.0. The van der Waals surface area contributed by atoms with Gasteiger partial charge in [0.1, 0.15) is 11.5 Å². The number of amides is 2. The second-order valence-corrected chi connectivity index (χ2v) is 14.4. The highest BCUT2D eigenvalue weighted by Gasteiger charge is 2.75. The van der Waals surface area contributed by atoms with Gasteiger partial charge in [0.15, 0.2) is 0 Å². The van der Waals surface area contributed by atoms with Gasteiger partial charge in [-0.2, -0.15) is 0 Å². The first-order valence-corrected chi connectivity index (χ1v) is 14.7. The fourth-order valence-corrected chi connectivity index (χ4v) is 7.26. The molecular weight excluding hydrogens is 611 g/mol. The molecular formula is C30H32Cl3F2N3O4. The molecule has 0 radical (unpaired) electrons. The number of aliphatic carboxylic acids is 1. The highest BCUT2D eigenvalue weighted by Crippen LogP contribution is 2.61. The quantitative estimate of drug-likeness (QED) is 0.369. The normalized spacial score (nSPS) is 26.7. The molecule has 0 aromatic heterocycles. The SMILES string of the molecule is CC(C)(C)C(C)(C)CN(C(=O)[C@H]1[C@H]2CC(F)(F)CN2[C@]2(C(=O)Nc3c(Cl)cc(Cl)cc32)[C@H]1C(=O)O)c1cccc(Cl)c1. The number of hydrogen-bond donors (Lipinski definition) is 2. The average Bonchev–Trinajstić information content (AvgIpc) is 3.42. The minimum atomic E-state index is -3.28. The van der Waals surface area contributed by atoms with Crippen molar-refractivity contribution < 1.29 is 28.3 Å². The highest BCUT2D eigenvalue weighted by atomic mass is 35.5. The predicted octanol–water partition coefficient (Wildman–Crippen LogP) is 6.94. The summed E-state index contributed by atoms with van der Waals surface area (Å²) >= 11 is 19.0. The maximum Gasteiger partial charge on any atom is 0.310 e. The minimum absolute atomic E-state index is 0.0385. The first kappa shape index (κ1) is 31.0. The summed E-state index contributed by atoms with van der Waals surface area (Å²) in [7, 11) is 0. The summed E-state index contributed by atoms with van der Waals surface area (Å²) in [6, 6.07) is 8.03. The van der Waals surface area contributed by atoms with E-state index in [4.69, 9.17) is 34.8 Å². The van der Waals surface area contributed by atoms with Crippen molar-refractivity contribution in [1.29, 1.82) is 0 Å². The Morgan fingerprint density at radius 3 is 2.36 bits per heavy atom. The van der Waals surface area contributed by atoms with E-state index in [1.165, 1.54) is 21.9 Å². The number of benzene rings is 2. The number of halogens is 5. The van der Waals surface area contributed by atoms with Crippen molar-refractivity contribution in [3.05, 3.63) is 57.0 Å². The summed E-state index contributed by atoms with van der Waals surface area (Å²) in [5.41, 5.74) is -2.40. The van der Waals surface area contributed by atoms with Gasteiger partial charge in [-0.1, -0.05) is 75.5 Å². The molecule has 5 rings (SSSR count). The number of nitrogens with one attached hydrogen (secondary N) is 1. The monoisotopic (exact) mass is 641 g/mol. The van der Waals surface area contributed by atoms with Gasteiger partial charge < -0.3 is 15.3 Å². The van der Waals surface area contributed by atoms with Gasteiger partial charge in [-0.05, 0) is 41.2 Å². The van der Waals surface area contributed by atoms with Crippen LogP contribution in [-0.4, -0.2) is 52.8 Å². The molecule has 226 valence electrons. The van der Waals surface area contributed by atoms with Gasteiger partial charge in [0.05, 0.1) is 23.2 Å². The van der Waals surface area contributed by atoms with E-state index in [1.807, 2.05) is 34.6 Å². The van der Waals surface area contributed by atoms with E-state index in [2.05, 4.69) is 5.32 Å². The van der Waals surface area contributed by atoms with E-state index >= 15 is 8.78 Å². The third kappa shape index (κ3) is 4.68. The van der Waals surface area contributed by atoms with Crippen LogP contribution >= 0.6 is 34.8 Å². The Balaban J connectivity index is 1.73. The number of alkyl halides is 2. The molecule has 2 amide bonds. The largest absolute Gasteiger partial charge is 0.481 e. The van der Waals surface area contributed by atoms with Crippen molar-refractivity contribution in [2.75, 3.05) is 23.3 Å². The summed E-state index contributed by atoms with van der Waals surface area (Å²) in [6.45, 7) is 9.23. The molecule has 3 aliphatic heterocycles. The number of carboxylic acids is 1. The molecule has 0 unspecified atom stereocenters. The minimum Gasteiger partial charge on any atom is -0.481 e. The second-order valence-electron chi connectivity index (χ2n) is 13.2. The van der Waals surface area contributed by atoms with Gasteiger partial charge >= 0.3 is 5.97 Å². The topological polar surface area (TPSA) is 90.0 Å². The fourth-order valence-electron chi connectivity index (χ4n) is 6.53. The molecule has 1 spiro atoms. The number of rotatable bonds is 5. The molecule has 2 aromatic rings. The van der Waals surface area contributed by atoms with Gasteiger partial charge in [0, 0.05) is 40.3 Å². The Morgan fingerprint density at radius 1 is 1.10 bits per heavy atom. The molecule has 4 atom stereocenters. The summed E-state index contributed by atoms with van der Waals surface area (Å²) in [6.07, 6.45) is -0.794. The first-order chi connectivity index (χ1) is 19.3. The number of hydrogen-bond acceptors (Lipinski definition) is 4. The van der Waals surface area contributed by atoms with Crippen LogP contribution < -0.4 is 10.2 Å². The zero-order chi connectivity index (χ0) is 31.2. The summed E-state index contributed by atoms with van der Waals surface area (Å²) < 4.78 is 30.4. The zero-order valence-corrected chi connectivity index (χ0v) is 26.0. The Bertz CT molecular complexity index is 1490. The molecule has 2 saturated heterocycles. The Morgan fingerprint density at radius 2 is 1.76 bits per heavy atom. The zero-order valence-electron chi connectivity index (χ0n) is 23.8. The van der Waals surface area contributed by atoms with E-state index in [1.54, 1.807) is 24.3 Å². The van der Waals surface area contributed by atoms with E-state index in [9.17, 15) is 19.5 Å². The maximum absolute atomic E-state index is 15.2.